The molecule has 1 aliphatic rings. The average molecular weight is 246 g/mol. The summed E-state index contributed by atoms with van der Waals surface area (Å²) in [6, 6.07) is 5.22. The van der Waals surface area contributed by atoms with E-state index in [1.54, 1.807) is 18.2 Å². The molecule has 1 aromatic carbocycles. The lowest BCUT2D eigenvalue weighted by Crippen LogP contribution is -2.18. The van der Waals surface area contributed by atoms with Crippen molar-refractivity contribution >= 4 is 40.5 Å². The molecular formula is C8H5Cl2N3S. The second-order valence-corrected chi connectivity index (χ2v) is 3.96. The van der Waals surface area contributed by atoms with E-state index in [-0.39, 0.29) is 6.17 Å². The number of hydrogen-bond acceptors (Lipinski definition) is 2. The molecule has 0 radical (unpaired) electrons. The summed E-state index contributed by atoms with van der Waals surface area (Å²) >= 11 is 16.6. The van der Waals surface area contributed by atoms with Crippen LogP contribution in [-0.4, -0.2) is 5.11 Å². The van der Waals surface area contributed by atoms with Gasteiger partial charge in [0.25, 0.3) is 0 Å². The monoisotopic (exact) mass is 245 g/mol. The second-order valence-electron chi connectivity index (χ2n) is 2.73. The van der Waals surface area contributed by atoms with Crippen molar-refractivity contribution in [1.29, 1.82) is 0 Å². The van der Waals surface area contributed by atoms with Crippen molar-refractivity contribution in [3.63, 3.8) is 0 Å². The van der Waals surface area contributed by atoms with E-state index < -0.39 is 0 Å². The van der Waals surface area contributed by atoms with Crippen LogP contribution in [0.25, 0.3) is 0 Å². The van der Waals surface area contributed by atoms with Crippen molar-refractivity contribution in [3.05, 3.63) is 33.8 Å². The van der Waals surface area contributed by atoms with Crippen LogP contribution in [0.1, 0.15) is 11.7 Å². The Morgan fingerprint density at radius 3 is 2.71 bits per heavy atom. The average Bonchev–Trinajstić information content (AvgIpc) is 2.51. The van der Waals surface area contributed by atoms with Gasteiger partial charge in [0.2, 0.25) is 5.11 Å². The first-order valence-electron chi connectivity index (χ1n) is 3.83. The minimum atomic E-state index is -0.285. The number of hydrogen-bond donors (Lipinski definition) is 1. The highest BCUT2D eigenvalue weighted by molar-refractivity contribution is 7.80. The molecule has 0 saturated carbocycles. The fraction of sp³-hybridized carbons (Fsp3) is 0.125. The molecule has 1 unspecified atom stereocenters. The molecule has 6 heteroatoms. The molecule has 1 aromatic rings. The minimum Gasteiger partial charge on any atom is -0.332 e. The Bertz CT molecular complexity index is 419. The van der Waals surface area contributed by atoms with Crippen LogP contribution in [0.15, 0.2) is 28.4 Å². The predicted octanol–water partition coefficient (Wildman–Crippen LogP) is 3.33. The Hall–Kier alpha value is -0.710. The van der Waals surface area contributed by atoms with E-state index in [2.05, 4.69) is 15.5 Å². The van der Waals surface area contributed by atoms with Gasteiger partial charge in [-0.05, 0) is 24.4 Å². The lowest BCUT2D eigenvalue weighted by atomic mass is 10.2. The minimum absolute atomic E-state index is 0.285. The van der Waals surface area contributed by atoms with Gasteiger partial charge in [0.15, 0.2) is 6.17 Å². The van der Waals surface area contributed by atoms with Crippen molar-refractivity contribution < 1.29 is 0 Å². The topological polar surface area (TPSA) is 36.8 Å². The molecule has 1 atom stereocenters. The zero-order valence-corrected chi connectivity index (χ0v) is 9.20. The maximum atomic E-state index is 5.99. The summed E-state index contributed by atoms with van der Waals surface area (Å²) in [5.74, 6) is 0. The van der Waals surface area contributed by atoms with Gasteiger partial charge in [-0.25, -0.2) is 0 Å². The van der Waals surface area contributed by atoms with Gasteiger partial charge in [-0.3, -0.25) is 0 Å². The molecule has 0 spiro atoms. The summed E-state index contributed by atoms with van der Waals surface area (Å²) in [5.41, 5.74) is 0.819. The molecule has 2 rings (SSSR count). The van der Waals surface area contributed by atoms with Gasteiger partial charge in [-0.15, -0.1) is 5.11 Å². The van der Waals surface area contributed by atoms with Crippen LogP contribution < -0.4 is 5.32 Å². The van der Waals surface area contributed by atoms with Crippen LogP contribution in [0.3, 0.4) is 0 Å². The van der Waals surface area contributed by atoms with Gasteiger partial charge in [-0.2, -0.15) is 5.11 Å². The third kappa shape index (κ3) is 1.87. The quantitative estimate of drug-likeness (QED) is 0.771. The molecule has 1 aliphatic heterocycles. The summed E-state index contributed by atoms with van der Waals surface area (Å²) in [6.45, 7) is 0. The van der Waals surface area contributed by atoms with Crippen LogP contribution in [-0.2, 0) is 0 Å². The molecule has 0 bridgehead atoms. The molecule has 0 aromatic heterocycles. The first-order valence-corrected chi connectivity index (χ1v) is 4.99. The zero-order chi connectivity index (χ0) is 10.1. The van der Waals surface area contributed by atoms with Crippen LogP contribution in [0.2, 0.25) is 10.0 Å². The number of thiocarbonyl (C=S) groups is 1. The van der Waals surface area contributed by atoms with E-state index in [0.717, 1.165) is 5.56 Å². The Balaban J connectivity index is 2.33. The van der Waals surface area contributed by atoms with E-state index >= 15 is 0 Å². The molecule has 0 amide bonds. The number of halogens is 2. The Morgan fingerprint density at radius 1 is 1.36 bits per heavy atom. The van der Waals surface area contributed by atoms with Gasteiger partial charge in [0, 0.05) is 15.6 Å². The summed E-state index contributed by atoms with van der Waals surface area (Å²) in [4.78, 5) is 0. The SMILES string of the molecule is S=C1N=NC(c2ccc(Cl)cc2Cl)N1. The van der Waals surface area contributed by atoms with Gasteiger partial charge in [0.1, 0.15) is 0 Å². The third-order valence-electron chi connectivity index (χ3n) is 1.78. The van der Waals surface area contributed by atoms with E-state index in [1.165, 1.54) is 0 Å². The highest BCUT2D eigenvalue weighted by Gasteiger charge is 2.19. The normalized spacial score (nSPS) is 19.9. The highest BCUT2D eigenvalue weighted by Crippen LogP contribution is 2.28. The predicted molar refractivity (Wildman–Crippen MR) is 59.8 cm³/mol. The number of nitrogens with zero attached hydrogens (tertiary/aromatic N) is 2. The first-order chi connectivity index (χ1) is 6.66. The Labute approximate surface area is 96.1 Å². The number of azo groups is 1. The smallest absolute Gasteiger partial charge is 0.215 e. The molecule has 1 N–H and O–H groups in total. The van der Waals surface area contributed by atoms with Gasteiger partial charge in [-0.1, -0.05) is 29.3 Å². The van der Waals surface area contributed by atoms with Crippen LogP contribution in [0.4, 0.5) is 0 Å². The van der Waals surface area contributed by atoms with E-state index in [9.17, 15) is 0 Å². The van der Waals surface area contributed by atoms with Gasteiger partial charge in [0.05, 0.1) is 0 Å². The largest absolute Gasteiger partial charge is 0.332 e. The van der Waals surface area contributed by atoms with E-state index in [0.29, 0.717) is 15.2 Å². The molecular weight excluding hydrogens is 241 g/mol. The zero-order valence-electron chi connectivity index (χ0n) is 6.87. The van der Waals surface area contributed by atoms with Crippen molar-refractivity contribution in [1.82, 2.24) is 5.32 Å². The van der Waals surface area contributed by atoms with E-state index in [4.69, 9.17) is 35.4 Å². The van der Waals surface area contributed by atoms with Crippen LogP contribution in [0, 0.1) is 0 Å². The first kappa shape index (κ1) is 9.83. The summed E-state index contributed by atoms with van der Waals surface area (Å²) in [5, 5.41) is 12.1. The maximum absolute atomic E-state index is 5.99. The van der Waals surface area contributed by atoms with E-state index in [1.807, 2.05) is 0 Å². The van der Waals surface area contributed by atoms with Gasteiger partial charge < -0.3 is 5.32 Å². The summed E-state index contributed by atoms with van der Waals surface area (Å²) < 4.78 is 0. The number of nitrogens with one attached hydrogen (secondary N) is 1. The number of benzene rings is 1. The molecule has 3 nitrogen and oxygen atoms in total. The van der Waals surface area contributed by atoms with Crippen molar-refractivity contribution in [3.8, 4) is 0 Å². The molecule has 72 valence electrons. The van der Waals surface area contributed by atoms with Gasteiger partial charge >= 0.3 is 0 Å². The molecule has 1 heterocycles. The third-order valence-corrected chi connectivity index (χ3v) is 2.54. The second kappa shape index (κ2) is 3.81. The number of rotatable bonds is 1. The lowest BCUT2D eigenvalue weighted by Gasteiger charge is -2.09. The lowest BCUT2D eigenvalue weighted by molar-refractivity contribution is 0.704. The molecule has 14 heavy (non-hydrogen) atoms. The highest BCUT2D eigenvalue weighted by atomic mass is 35.5. The fourth-order valence-electron chi connectivity index (χ4n) is 1.15. The molecule has 0 saturated heterocycles. The van der Waals surface area contributed by atoms with Crippen LogP contribution in [0.5, 0.6) is 0 Å². The summed E-state index contributed by atoms with van der Waals surface area (Å²) in [6.07, 6.45) is -0.285. The van der Waals surface area contributed by atoms with Crippen molar-refractivity contribution in [2.24, 2.45) is 10.2 Å². The molecule has 0 aliphatic carbocycles. The Morgan fingerprint density at radius 2 is 2.14 bits per heavy atom. The maximum Gasteiger partial charge on any atom is 0.215 e. The summed E-state index contributed by atoms with van der Waals surface area (Å²) in [7, 11) is 0. The van der Waals surface area contributed by atoms with Crippen molar-refractivity contribution in [2.75, 3.05) is 0 Å². The Kier molecular flexibility index (Phi) is 2.67. The van der Waals surface area contributed by atoms with Crippen LogP contribution >= 0.6 is 35.4 Å². The molecule has 0 fully saturated rings. The fourth-order valence-corrected chi connectivity index (χ4v) is 1.82. The van der Waals surface area contributed by atoms with Crippen molar-refractivity contribution in [2.45, 2.75) is 6.17 Å². The standard InChI is InChI=1S/C8H5Cl2N3S/c9-4-1-2-5(6(10)3-4)7-11-8(14)13-12-7/h1-3,7H,(H,11,14).